The summed E-state index contributed by atoms with van der Waals surface area (Å²) in [6, 6.07) is 15.8. The maximum atomic E-state index is 13.7. The first-order valence-corrected chi connectivity index (χ1v) is 9.13. The molecule has 0 saturated heterocycles. The van der Waals surface area contributed by atoms with Crippen molar-refractivity contribution in [3.63, 3.8) is 0 Å². The number of benzene rings is 2. The number of aliphatic imine (C=N–C) groups is 1. The number of aliphatic hydroxyl groups is 1. The molecule has 0 spiro atoms. The Balaban J connectivity index is 0.00000392. The topological polar surface area (TPSA) is 65.9 Å². The average molecular weight is 501 g/mol. The van der Waals surface area contributed by atoms with Crippen molar-refractivity contribution in [2.75, 3.05) is 19.6 Å². The monoisotopic (exact) mass is 501 g/mol. The molecule has 2 aromatic carbocycles. The fraction of sp³-hybridized carbons (Fsp3) is 0.381. The van der Waals surface area contributed by atoms with Gasteiger partial charge in [-0.1, -0.05) is 42.5 Å². The quantitative estimate of drug-likeness (QED) is 0.294. The minimum atomic E-state index is -1.07. The lowest BCUT2D eigenvalue weighted by atomic mass is 9.96. The highest BCUT2D eigenvalue weighted by Gasteiger charge is 2.22. The molecule has 2 atom stereocenters. The molecule has 154 valence electrons. The van der Waals surface area contributed by atoms with Crippen molar-refractivity contribution >= 4 is 29.9 Å². The second kappa shape index (κ2) is 11.9. The molecule has 2 rings (SSSR count). The Labute approximate surface area is 183 Å². The van der Waals surface area contributed by atoms with Gasteiger partial charge in [-0.25, -0.2) is 9.38 Å². The summed E-state index contributed by atoms with van der Waals surface area (Å²) in [5.74, 6) is 0.405. The summed E-state index contributed by atoms with van der Waals surface area (Å²) >= 11 is 0. The SMILES string of the molecule is CCNC(=NCC(C)(O)c1ccccc1)NCC(C)Oc1ccccc1F.I. The summed E-state index contributed by atoms with van der Waals surface area (Å²) < 4.78 is 19.3. The molecule has 0 aliphatic heterocycles. The number of nitrogens with zero attached hydrogens (tertiary/aromatic N) is 1. The minimum Gasteiger partial charge on any atom is -0.486 e. The largest absolute Gasteiger partial charge is 0.486 e. The molecule has 7 heteroatoms. The van der Waals surface area contributed by atoms with Gasteiger partial charge in [-0.2, -0.15) is 0 Å². The molecule has 0 aliphatic rings. The number of hydrogen-bond donors (Lipinski definition) is 3. The Morgan fingerprint density at radius 3 is 2.43 bits per heavy atom. The summed E-state index contributed by atoms with van der Waals surface area (Å²) in [7, 11) is 0. The molecule has 0 saturated carbocycles. The van der Waals surface area contributed by atoms with E-state index in [0.29, 0.717) is 19.0 Å². The van der Waals surface area contributed by atoms with Gasteiger partial charge in [-0.05, 0) is 38.5 Å². The van der Waals surface area contributed by atoms with E-state index in [0.717, 1.165) is 5.56 Å². The Morgan fingerprint density at radius 1 is 1.14 bits per heavy atom. The predicted octanol–water partition coefficient (Wildman–Crippen LogP) is 3.67. The van der Waals surface area contributed by atoms with E-state index in [9.17, 15) is 9.50 Å². The van der Waals surface area contributed by atoms with E-state index in [1.54, 1.807) is 25.1 Å². The zero-order valence-corrected chi connectivity index (χ0v) is 18.8. The Hall–Kier alpha value is -1.87. The molecular weight excluding hydrogens is 472 g/mol. The molecule has 0 heterocycles. The fourth-order valence-electron chi connectivity index (χ4n) is 2.50. The van der Waals surface area contributed by atoms with Gasteiger partial charge in [0.15, 0.2) is 17.5 Å². The lowest BCUT2D eigenvalue weighted by molar-refractivity contribution is 0.0672. The van der Waals surface area contributed by atoms with Gasteiger partial charge in [0, 0.05) is 6.54 Å². The van der Waals surface area contributed by atoms with Crippen LogP contribution in [-0.4, -0.2) is 36.8 Å². The van der Waals surface area contributed by atoms with Crippen molar-refractivity contribution < 1.29 is 14.2 Å². The number of halogens is 2. The van der Waals surface area contributed by atoms with E-state index in [4.69, 9.17) is 4.74 Å². The van der Waals surface area contributed by atoms with E-state index >= 15 is 0 Å². The molecule has 3 N–H and O–H groups in total. The molecule has 0 radical (unpaired) electrons. The van der Waals surface area contributed by atoms with Gasteiger partial charge < -0.3 is 20.5 Å². The van der Waals surface area contributed by atoms with Crippen molar-refractivity contribution in [2.24, 2.45) is 4.99 Å². The van der Waals surface area contributed by atoms with Crippen LogP contribution in [0, 0.1) is 5.82 Å². The van der Waals surface area contributed by atoms with Crippen molar-refractivity contribution in [3.8, 4) is 5.75 Å². The van der Waals surface area contributed by atoms with E-state index in [-0.39, 0.29) is 48.2 Å². The van der Waals surface area contributed by atoms with Gasteiger partial charge in [0.25, 0.3) is 0 Å². The molecule has 0 bridgehead atoms. The molecular formula is C21H29FIN3O2. The fourth-order valence-corrected chi connectivity index (χ4v) is 2.50. The zero-order valence-electron chi connectivity index (χ0n) is 16.5. The third-order valence-corrected chi connectivity index (χ3v) is 4.01. The van der Waals surface area contributed by atoms with Crippen LogP contribution in [0.1, 0.15) is 26.3 Å². The number of para-hydroxylation sites is 1. The molecule has 2 unspecified atom stereocenters. The smallest absolute Gasteiger partial charge is 0.191 e. The third-order valence-electron chi connectivity index (χ3n) is 4.01. The number of nitrogens with one attached hydrogen (secondary N) is 2. The van der Waals surface area contributed by atoms with Gasteiger partial charge in [0.1, 0.15) is 11.7 Å². The standard InChI is InChI=1S/C21H28FN3O2.HI/c1-4-23-20(25-15-21(3,26)17-10-6-5-7-11-17)24-14-16(2)27-19-13-9-8-12-18(19)22;/h5-13,16,26H,4,14-15H2,1-3H3,(H2,23,24,25);1H. The molecule has 0 fully saturated rings. The Morgan fingerprint density at radius 2 is 1.79 bits per heavy atom. The average Bonchev–Trinajstić information content (AvgIpc) is 2.66. The lowest BCUT2D eigenvalue weighted by Gasteiger charge is -2.23. The predicted molar refractivity (Wildman–Crippen MR) is 122 cm³/mol. The summed E-state index contributed by atoms with van der Waals surface area (Å²) in [5, 5.41) is 17.0. The van der Waals surface area contributed by atoms with Crippen molar-refractivity contribution in [3.05, 3.63) is 66.0 Å². The summed E-state index contributed by atoms with van der Waals surface area (Å²) in [6.45, 7) is 6.87. The van der Waals surface area contributed by atoms with Gasteiger partial charge in [0.2, 0.25) is 0 Å². The van der Waals surface area contributed by atoms with Crippen LogP contribution in [-0.2, 0) is 5.60 Å². The first-order chi connectivity index (χ1) is 12.9. The summed E-state index contributed by atoms with van der Waals surface area (Å²) in [4.78, 5) is 4.47. The van der Waals surface area contributed by atoms with Crippen LogP contribution in [0.4, 0.5) is 4.39 Å². The van der Waals surface area contributed by atoms with Crippen LogP contribution in [0.2, 0.25) is 0 Å². The maximum absolute atomic E-state index is 13.7. The van der Waals surface area contributed by atoms with Crippen LogP contribution in [0.3, 0.4) is 0 Å². The van der Waals surface area contributed by atoms with E-state index in [2.05, 4.69) is 15.6 Å². The lowest BCUT2D eigenvalue weighted by Crippen LogP contribution is -2.42. The number of guanidine groups is 1. The van der Waals surface area contributed by atoms with Gasteiger partial charge >= 0.3 is 0 Å². The van der Waals surface area contributed by atoms with Gasteiger partial charge in [-0.3, -0.25) is 0 Å². The number of rotatable bonds is 8. The zero-order chi connectivity index (χ0) is 19.7. The van der Waals surface area contributed by atoms with E-state index in [1.807, 2.05) is 44.2 Å². The van der Waals surface area contributed by atoms with Crippen LogP contribution in [0.15, 0.2) is 59.6 Å². The maximum Gasteiger partial charge on any atom is 0.191 e. The van der Waals surface area contributed by atoms with Crippen LogP contribution in [0.25, 0.3) is 0 Å². The van der Waals surface area contributed by atoms with E-state index in [1.165, 1.54) is 6.07 Å². The van der Waals surface area contributed by atoms with Crippen LogP contribution < -0.4 is 15.4 Å². The summed E-state index contributed by atoms with van der Waals surface area (Å²) in [6.07, 6.45) is -0.264. The minimum absolute atomic E-state index is 0. The first kappa shape index (κ1) is 24.2. The Kier molecular flexibility index (Phi) is 10.2. The molecule has 28 heavy (non-hydrogen) atoms. The normalized spacial score (nSPS) is 14.4. The van der Waals surface area contributed by atoms with Crippen molar-refractivity contribution in [1.82, 2.24) is 10.6 Å². The van der Waals surface area contributed by atoms with Crippen LogP contribution in [0.5, 0.6) is 5.75 Å². The van der Waals surface area contributed by atoms with Crippen molar-refractivity contribution in [2.45, 2.75) is 32.5 Å². The number of hydrogen-bond acceptors (Lipinski definition) is 3. The third kappa shape index (κ3) is 7.63. The molecule has 0 amide bonds. The highest BCUT2D eigenvalue weighted by Crippen LogP contribution is 2.20. The second-order valence-corrected chi connectivity index (χ2v) is 6.57. The molecule has 0 aromatic heterocycles. The molecule has 2 aromatic rings. The van der Waals surface area contributed by atoms with Crippen molar-refractivity contribution in [1.29, 1.82) is 0 Å². The molecule has 0 aliphatic carbocycles. The van der Waals surface area contributed by atoms with Crippen LogP contribution >= 0.6 is 24.0 Å². The summed E-state index contributed by atoms with van der Waals surface area (Å²) in [5.41, 5.74) is -0.264. The highest BCUT2D eigenvalue weighted by molar-refractivity contribution is 14.0. The highest BCUT2D eigenvalue weighted by atomic mass is 127. The van der Waals surface area contributed by atoms with E-state index < -0.39 is 5.60 Å². The van der Waals surface area contributed by atoms with Gasteiger partial charge in [-0.15, -0.1) is 24.0 Å². The first-order valence-electron chi connectivity index (χ1n) is 9.13. The Bertz CT molecular complexity index is 741. The number of ether oxygens (including phenoxy) is 1. The molecule has 5 nitrogen and oxygen atoms in total. The second-order valence-electron chi connectivity index (χ2n) is 6.57. The van der Waals surface area contributed by atoms with Gasteiger partial charge in [0.05, 0.1) is 13.1 Å².